The van der Waals surface area contributed by atoms with E-state index in [4.69, 9.17) is 0 Å². The molecule has 0 saturated carbocycles. The summed E-state index contributed by atoms with van der Waals surface area (Å²) in [5.41, 5.74) is 1.36. The summed E-state index contributed by atoms with van der Waals surface area (Å²) in [5, 5.41) is 2.83. The first kappa shape index (κ1) is 19.1. The summed E-state index contributed by atoms with van der Waals surface area (Å²) in [6.07, 6.45) is 5.25. The van der Waals surface area contributed by atoms with Gasteiger partial charge < -0.3 is 9.72 Å². The van der Waals surface area contributed by atoms with E-state index in [2.05, 4.69) is 10.3 Å². The van der Waals surface area contributed by atoms with Crippen molar-refractivity contribution in [3.8, 4) is 0 Å². The van der Waals surface area contributed by atoms with Crippen molar-refractivity contribution in [1.82, 2.24) is 19.0 Å². The first-order valence-corrected chi connectivity index (χ1v) is 10.1. The lowest BCUT2D eigenvalue weighted by molar-refractivity contribution is 0.0953. The molecule has 8 heteroatoms. The molecule has 7 nitrogen and oxygen atoms in total. The molecule has 2 aromatic heterocycles. The number of hydrogen-bond donors (Lipinski definition) is 1. The molecule has 0 atom stereocenters. The highest BCUT2D eigenvalue weighted by Crippen LogP contribution is 2.15. The van der Waals surface area contributed by atoms with Gasteiger partial charge in [-0.05, 0) is 36.8 Å². The van der Waals surface area contributed by atoms with Gasteiger partial charge in [-0.1, -0.05) is 12.1 Å². The number of carbonyl (C=O) groups is 1. The Labute approximate surface area is 158 Å². The number of benzene rings is 1. The van der Waals surface area contributed by atoms with Crippen LogP contribution in [0.4, 0.5) is 0 Å². The minimum Gasteiger partial charge on any atom is -0.352 e. The number of imidazole rings is 1. The van der Waals surface area contributed by atoms with Gasteiger partial charge in [0.05, 0.1) is 16.6 Å². The second kappa shape index (κ2) is 7.89. The Morgan fingerprint density at radius 2 is 2.00 bits per heavy atom. The van der Waals surface area contributed by atoms with Gasteiger partial charge in [-0.3, -0.25) is 4.79 Å². The van der Waals surface area contributed by atoms with Gasteiger partial charge in [0.15, 0.2) is 0 Å². The number of aryl methyl sites for hydroxylation is 1. The molecule has 2 heterocycles. The Bertz CT molecular complexity index is 1060. The van der Waals surface area contributed by atoms with Crippen molar-refractivity contribution in [2.24, 2.45) is 0 Å². The number of sulfonamides is 1. The minimum absolute atomic E-state index is 0.101. The second-order valence-electron chi connectivity index (χ2n) is 6.34. The molecule has 142 valence electrons. The Balaban J connectivity index is 1.58. The van der Waals surface area contributed by atoms with Gasteiger partial charge in [-0.2, -0.15) is 0 Å². The van der Waals surface area contributed by atoms with Crippen LogP contribution in [0, 0.1) is 0 Å². The van der Waals surface area contributed by atoms with Crippen LogP contribution >= 0.6 is 0 Å². The standard InChI is InChI=1S/C19H22N4O3S/c1-22(2)27(25,26)17-9-5-7-15(13-17)19(24)20-11-6-10-18-21-14-16-8-3-4-12-23(16)18/h3-5,7-9,12-14H,6,10-11H2,1-2H3,(H,20,24). The summed E-state index contributed by atoms with van der Waals surface area (Å²) in [5.74, 6) is 0.651. The topological polar surface area (TPSA) is 83.8 Å². The first-order valence-electron chi connectivity index (χ1n) is 8.61. The van der Waals surface area contributed by atoms with Gasteiger partial charge in [0.1, 0.15) is 5.82 Å². The van der Waals surface area contributed by atoms with Crippen molar-refractivity contribution < 1.29 is 13.2 Å². The van der Waals surface area contributed by atoms with Gasteiger partial charge in [0.2, 0.25) is 10.0 Å². The largest absolute Gasteiger partial charge is 0.352 e. The van der Waals surface area contributed by atoms with Crippen LogP contribution in [-0.2, 0) is 16.4 Å². The summed E-state index contributed by atoms with van der Waals surface area (Å²) in [4.78, 5) is 16.8. The highest BCUT2D eigenvalue weighted by atomic mass is 32.2. The predicted molar refractivity (Wildman–Crippen MR) is 103 cm³/mol. The molecule has 0 aliphatic carbocycles. The number of carbonyl (C=O) groups excluding carboxylic acids is 1. The first-order chi connectivity index (χ1) is 12.9. The van der Waals surface area contributed by atoms with Crippen LogP contribution in [0.1, 0.15) is 22.6 Å². The molecule has 0 unspecified atom stereocenters. The van der Waals surface area contributed by atoms with E-state index >= 15 is 0 Å². The van der Waals surface area contributed by atoms with E-state index in [1.54, 1.807) is 12.1 Å². The second-order valence-corrected chi connectivity index (χ2v) is 8.50. The van der Waals surface area contributed by atoms with Gasteiger partial charge >= 0.3 is 0 Å². The minimum atomic E-state index is -3.57. The normalized spacial score (nSPS) is 11.8. The van der Waals surface area contributed by atoms with Crippen molar-refractivity contribution in [2.45, 2.75) is 17.7 Å². The van der Waals surface area contributed by atoms with Crippen LogP contribution < -0.4 is 5.32 Å². The third-order valence-corrected chi connectivity index (χ3v) is 6.06. The van der Waals surface area contributed by atoms with Crippen LogP contribution in [0.15, 0.2) is 59.8 Å². The molecule has 1 N–H and O–H groups in total. The molecule has 0 aliphatic rings. The summed E-state index contributed by atoms with van der Waals surface area (Å²) >= 11 is 0. The van der Waals surface area contributed by atoms with E-state index in [1.165, 1.54) is 26.2 Å². The van der Waals surface area contributed by atoms with Crippen LogP contribution in [-0.4, -0.2) is 48.7 Å². The van der Waals surface area contributed by atoms with Crippen LogP contribution in [0.25, 0.3) is 5.52 Å². The SMILES string of the molecule is CN(C)S(=O)(=O)c1cccc(C(=O)NCCCc2ncc3ccccn23)c1. The molecule has 1 aromatic carbocycles. The zero-order chi connectivity index (χ0) is 19.4. The van der Waals surface area contributed by atoms with E-state index in [0.717, 1.165) is 28.5 Å². The van der Waals surface area contributed by atoms with Gasteiger partial charge in [-0.15, -0.1) is 0 Å². The van der Waals surface area contributed by atoms with Crippen molar-refractivity contribution in [2.75, 3.05) is 20.6 Å². The average molecular weight is 386 g/mol. The predicted octanol–water partition coefficient (Wildman–Crippen LogP) is 1.95. The van der Waals surface area contributed by atoms with Gasteiger partial charge in [-0.25, -0.2) is 17.7 Å². The van der Waals surface area contributed by atoms with Gasteiger partial charge in [0.25, 0.3) is 5.91 Å². The highest BCUT2D eigenvalue weighted by molar-refractivity contribution is 7.89. The van der Waals surface area contributed by atoms with Crippen LogP contribution in [0.5, 0.6) is 0 Å². The van der Waals surface area contributed by atoms with E-state index < -0.39 is 10.0 Å². The molecule has 0 bridgehead atoms. The molecule has 3 rings (SSSR count). The molecule has 0 aliphatic heterocycles. The number of hydrogen-bond acceptors (Lipinski definition) is 4. The van der Waals surface area contributed by atoms with Crippen LogP contribution in [0.2, 0.25) is 0 Å². The maximum Gasteiger partial charge on any atom is 0.251 e. The molecular weight excluding hydrogens is 364 g/mol. The monoisotopic (exact) mass is 386 g/mol. The fraction of sp³-hybridized carbons (Fsp3) is 0.263. The van der Waals surface area contributed by atoms with E-state index in [-0.39, 0.29) is 10.8 Å². The maximum absolute atomic E-state index is 12.3. The fourth-order valence-electron chi connectivity index (χ4n) is 2.74. The number of nitrogens with zero attached hydrogens (tertiary/aromatic N) is 3. The molecule has 27 heavy (non-hydrogen) atoms. The zero-order valence-electron chi connectivity index (χ0n) is 15.3. The maximum atomic E-state index is 12.3. The van der Waals surface area contributed by atoms with Crippen molar-refractivity contribution in [3.63, 3.8) is 0 Å². The van der Waals surface area contributed by atoms with Crippen LogP contribution in [0.3, 0.4) is 0 Å². The summed E-state index contributed by atoms with van der Waals surface area (Å²) in [6, 6.07) is 12.0. The molecule has 3 aromatic rings. The number of nitrogens with one attached hydrogen (secondary N) is 1. The third kappa shape index (κ3) is 4.17. The molecule has 0 fully saturated rings. The van der Waals surface area contributed by atoms with Gasteiger partial charge in [0, 0.05) is 38.8 Å². The number of aromatic nitrogens is 2. The number of amides is 1. The number of rotatable bonds is 7. The van der Waals surface area contributed by atoms with Crippen molar-refractivity contribution in [3.05, 3.63) is 66.2 Å². The lowest BCUT2D eigenvalue weighted by Crippen LogP contribution is -2.26. The summed E-state index contributed by atoms with van der Waals surface area (Å²) in [6.45, 7) is 0.477. The van der Waals surface area contributed by atoms with E-state index in [0.29, 0.717) is 12.1 Å². The molecular formula is C19H22N4O3S. The third-order valence-electron chi connectivity index (χ3n) is 4.25. The van der Waals surface area contributed by atoms with E-state index in [1.807, 2.05) is 35.0 Å². The highest BCUT2D eigenvalue weighted by Gasteiger charge is 2.18. The lowest BCUT2D eigenvalue weighted by Gasteiger charge is -2.12. The summed E-state index contributed by atoms with van der Waals surface area (Å²) in [7, 11) is -0.647. The Morgan fingerprint density at radius 3 is 2.78 bits per heavy atom. The molecule has 0 saturated heterocycles. The average Bonchev–Trinajstić information content (AvgIpc) is 3.08. The quantitative estimate of drug-likeness (QED) is 0.629. The smallest absolute Gasteiger partial charge is 0.251 e. The molecule has 1 amide bonds. The Morgan fingerprint density at radius 1 is 1.19 bits per heavy atom. The van der Waals surface area contributed by atoms with Crippen molar-refractivity contribution in [1.29, 1.82) is 0 Å². The Hall–Kier alpha value is -2.71. The molecule has 0 spiro atoms. The molecule has 0 radical (unpaired) electrons. The zero-order valence-corrected chi connectivity index (χ0v) is 16.1. The number of pyridine rings is 1. The van der Waals surface area contributed by atoms with E-state index in [9.17, 15) is 13.2 Å². The lowest BCUT2D eigenvalue weighted by atomic mass is 10.2. The van der Waals surface area contributed by atoms with Crippen molar-refractivity contribution >= 4 is 21.4 Å². The summed E-state index contributed by atoms with van der Waals surface area (Å²) < 4.78 is 27.5. The Kier molecular flexibility index (Phi) is 5.57. The number of fused-ring (bicyclic) bond motifs is 1. The fourth-order valence-corrected chi connectivity index (χ4v) is 3.69.